The number of carbonyl (C=O) groups is 2. The van der Waals surface area contributed by atoms with E-state index in [1.54, 1.807) is 49.4 Å². The molecule has 0 unspecified atom stereocenters. The van der Waals surface area contributed by atoms with Crippen LogP contribution in [0.2, 0.25) is 5.02 Å². The van der Waals surface area contributed by atoms with Crippen LogP contribution in [-0.4, -0.2) is 24.1 Å². The number of para-hydroxylation sites is 1. The van der Waals surface area contributed by atoms with Crippen molar-refractivity contribution in [2.45, 2.75) is 6.92 Å². The third-order valence-electron chi connectivity index (χ3n) is 4.80. The molecule has 3 aromatic carbocycles. The maximum absolute atomic E-state index is 13.5. The number of nitrogens with zero attached hydrogens (tertiary/aromatic N) is 1. The number of carbonyl (C=O) groups excluding carboxylic acids is 2. The van der Waals surface area contributed by atoms with Gasteiger partial charge in [-0.1, -0.05) is 41.9 Å². The lowest BCUT2D eigenvalue weighted by Crippen LogP contribution is -2.20. The summed E-state index contributed by atoms with van der Waals surface area (Å²) < 4.78 is 19.5. The lowest BCUT2D eigenvalue weighted by Gasteiger charge is -2.09. The highest BCUT2D eigenvalue weighted by Crippen LogP contribution is 2.35. The van der Waals surface area contributed by atoms with Crippen molar-refractivity contribution < 1.29 is 18.7 Å². The fourth-order valence-electron chi connectivity index (χ4n) is 3.12. The van der Waals surface area contributed by atoms with Gasteiger partial charge in [-0.2, -0.15) is 5.10 Å². The van der Waals surface area contributed by atoms with Gasteiger partial charge in [-0.3, -0.25) is 9.59 Å². The lowest BCUT2D eigenvalue weighted by atomic mass is 10.1. The number of fused-ring (bicyclic) bond motifs is 1. The predicted octanol–water partition coefficient (Wildman–Crippen LogP) is 5.87. The van der Waals surface area contributed by atoms with Gasteiger partial charge >= 0.3 is 0 Å². The van der Waals surface area contributed by atoms with E-state index in [4.69, 9.17) is 16.3 Å². The third kappa shape index (κ3) is 5.59. The number of halogens is 2. The van der Waals surface area contributed by atoms with Crippen LogP contribution in [0.25, 0.3) is 10.1 Å². The van der Waals surface area contributed by atoms with E-state index < -0.39 is 11.7 Å². The number of hydrogen-bond acceptors (Lipinski definition) is 5. The number of ether oxygens (including phenoxy) is 1. The Balaban J connectivity index is 1.40. The van der Waals surface area contributed by atoms with E-state index in [9.17, 15) is 14.0 Å². The fraction of sp³-hybridized carbons (Fsp3) is 0.0800. The summed E-state index contributed by atoms with van der Waals surface area (Å²) in [6.07, 6.45) is 0. The van der Waals surface area contributed by atoms with Crippen LogP contribution in [0.15, 0.2) is 77.9 Å². The van der Waals surface area contributed by atoms with Crippen LogP contribution in [0.4, 0.5) is 10.1 Å². The number of anilines is 1. The maximum atomic E-state index is 13.5. The fourth-order valence-corrected chi connectivity index (χ4v) is 4.55. The van der Waals surface area contributed by atoms with Gasteiger partial charge in [0.25, 0.3) is 11.8 Å². The van der Waals surface area contributed by atoms with Crippen LogP contribution in [0.5, 0.6) is 5.75 Å². The molecule has 9 heteroatoms. The Kier molecular flexibility index (Phi) is 7.20. The third-order valence-corrected chi connectivity index (χ3v) is 6.46. The zero-order valence-corrected chi connectivity index (χ0v) is 19.5. The van der Waals surface area contributed by atoms with Crippen LogP contribution in [-0.2, 0) is 4.79 Å². The highest BCUT2D eigenvalue weighted by Gasteiger charge is 2.17. The molecule has 172 valence electrons. The standard InChI is InChI=1S/C25H19ClFN3O3S/c1-15(29-30-25(32)24-23(26)20-11-10-17(27)13-21(20)34-24)16-6-5-7-18(12-16)28-22(31)14-33-19-8-3-2-4-9-19/h2-13H,14H2,1H3,(H,28,31)(H,30,32)/b29-15-. The minimum atomic E-state index is -0.492. The summed E-state index contributed by atoms with van der Waals surface area (Å²) in [6.45, 7) is 1.60. The molecular weight excluding hydrogens is 477 g/mol. The molecule has 0 saturated carbocycles. The normalized spacial score (nSPS) is 11.3. The quantitative estimate of drug-likeness (QED) is 0.249. The van der Waals surface area contributed by atoms with Crippen molar-refractivity contribution in [3.05, 3.63) is 94.1 Å². The van der Waals surface area contributed by atoms with E-state index in [-0.39, 0.29) is 22.4 Å². The number of benzene rings is 3. The zero-order chi connectivity index (χ0) is 24.1. The smallest absolute Gasteiger partial charge is 0.283 e. The summed E-state index contributed by atoms with van der Waals surface area (Å²) in [4.78, 5) is 25.1. The minimum absolute atomic E-state index is 0.128. The number of thiophene rings is 1. The number of hydrazone groups is 1. The molecule has 1 aromatic heterocycles. The molecular formula is C25H19ClFN3O3S. The highest BCUT2D eigenvalue weighted by atomic mass is 35.5. The number of nitrogens with one attached hydrogen (secondary N) is 2. The van der Waals surface area contributed by atoms with E-state index >= 15 is 0 Å². The Morgan fingerprint density at radius 1 is 1.06 bits per heavy atom. The molecule has 0 aliphatic carbocycles. The highest BCUT2D eigenvalue weighted by molar-refractivity contribution is 7.21. The summed E-state index contributed by atoms with van der Waals surface area (Å²) >= 11 is 7.39. The molecule has 4 aromatic rings. The van der Waals surface area contributed by atoms with Gasteiger partial charge in [-0.25, -0.2) is 9.82 Å². The molecule has 1 heterocycles. The van der Waals surface area contributed by atoms with Gasteiger partial charge in [0, 0.05) is 15.8 Å². The Morgan fingerprint density at radius 3 is 2.65 bits per heavy atom. The average Bonchev–Trinajstić information content (AvgIpc) is 3.17. The summed E-state index contributed by atoms with van der Waals surface area (Å²) in [7, 11) is 0. The van der Waals surface area contributed by atoms with Gasteiger partial charge in [0.2, 0.25) is 0 Å². The lowest BCUT2D eigenvalue weighted by molar-refractivity contribution is -0.118. The van der Waals surface area contributed by atoms with Crippen molar-refractivity contribution in [3.63, 3.8) is 0 Å². The Morgan fingerprint density at radius 2 is 1.85 bits per heavy atom. The number of hydrogen-bond donors (Lipinski definition) is 2. The molecule has 0 fully saturated rings. The number of amides is 2. The van der Waals surface area contributed by atoms with E-state index in [1.807, 2.05) is 18.2 Å². The molecule has 0 bridgehead atoms. The van der Waals surface area contributed by atoms with Gasteiger partial charge in [0.05, 0.1) is 10.7 Å². The van der Waals surface area contributed by atoms with Crippen LogP contribution < -0.4 is 15.5 Å². The van der Waals surface area contributed by atoms with Crippen molar-refractivity contribution in [2.24, 2.45) is 5.10 Å². The van der Waals surface area contributed by atoms with Crippen LogP contribution >= 0.6 is 22.9 Å². The molecule has 34 heavy (non-hydrogen) atoms. The summed E-state index contributed by atoms with van der Waals surface area (Å²) in [6, 6.07) is 20.3. The van der Waals surface area contributed by atoms with E-state index in [2.05, 4.69) is 15.8 Å². The van der Waals surface area contributed by atoms with Gasteiger partial charge in [0.1, 0.15) is 16.4 Å². The molecule has 0 aliphatic rings. The molecule has 2 N–H and O–H groups in total. The second-order valence-electron chi connectivity index (χ2n) is 7.25. The minimum Gasteiger partial charge on any atom is -0.484 e. The first kappa shape index (κ1) is 23.4. The van der Waals surface area contributed by atoms with Crippen LogP contribution in [0.3, 0.4) is 0 Å². The molecule has 0 spiro atoms. The summed E-state index contributed by atoms with van der Waals surface area (Å²) in [5.74, 6) is -0.591. The molecule has 2 amide bonds. The van der Waals surface area contributed by atoms with E-state index in [1.165, 1.54) is 12.1 Å². The Bertz CT molecular complexity index is 1390. The Labute approximate surface area is 204 Å². The van der Waals surface area contributed by atoms with Crippen molar-refractivity contribution >= 4 is 56.2 Å². The van der Waals surface area contributed by atoms with Crippen LogP contribution in [0.1, 0.15) is 22.2 Å². The zero-order valence-electron chi connectivity index (χ0n) is 18.0. The Hall–Kier alpha value is -3.75. The van der Waals surface area contributed by atoms with Crippen molar-refractivity contribution in [1.29, 1.82) is 0 Å². The van der Waals surface area contributed by atoms with Gasteiger partial charge in [0.15, 0.2) is 6.61 Å². The molecule has 0 saturated heterocycles. The second kappa shape index (κ2) is 10.5. The van der Waals surface area contributed by atoms with Crippen molar-refractivity contribution in [2.75, 3.05) is 11.9 Å². The van der Waals surface area contributed by atoms with Crippen LogP contribution in [0, 0.1) is 5.82 Å². The number of rotatable bonds is 7. The molecule has 0 aliphatic heterocycles. The van der Waals surface area contributed by atoms with Gasteiger partial charge in [-0.05, 0) is 55.0 Å². The predicted molar refractivity (Wildman–Crippen MR) is 133 cm³/mol. The van der Waals surface area contributed by atoms with Crippen molar-refractivity contribution in [3.8, 4) is 5.75 Å². The summed E-state index contributed by atoms with van der Waals surface area (Å²) in [5, 5.41) is 7.79. The molecule has 4 rings (SSSR count). The molecule has 0 atom stereocenters. The van der Waals surface area contributed by atoms with Crippen molar-refractivity contribution in [1.82, 2.24) is 5.43 Å². The SMILES string of the molecule is C/C(=N/NC(=O)c1sc2cc(F)ccc2c1Cl)c1cccc(NC(=O)COc2ccccc2)c1. The molecule has 0 radical (unpaired) electrons. The summed E-state index contributed by atoms with van der Waals surface area (Å²) in [5.41, 5.74) is 4.27. The van der Waals surface area contributed by atoms with E-state index in [0.717, 1.165) is 11.3 Å². The first-order valence-electron chi connectivity index (χ1n) is 10.2. The molecule has 6 nitrogen and oxygen atoms in total. The largest absolute Gasteiger partial charge is 0.484 e. The van der Waals surface area contributed by atoms with Gasteiger partial charge < -0.3 is 10.1 Å². The topological polar surface area (TPSA) is 79.8 Å². The first-order chi connectivity index (χ1) is 16.4. The van der Waals surface area contributed by atoms with E-state index in [0.29, 0.717) is 32.8 Å². The first-order valence-corrected chi connectivity index (χ1v) is 11.4. The maximum Gasteiger partial charge on any atom is 0.283 e. The monoisotopic (exact) mass is 495 g/mol. The second-order valence-corrected chi connectivity index (χ2v) is 8.68. The van der Waals surface area contributed by atoms with Gasteiger partial charge in [-0.15, -0.1) is 11.3 Å². The average molecular weight is 496 g/mol.